The summed E-state index contributed by atoms with van der Waals surface area (Å²) in [7, 11) is 2.07. The number of carboxylic acid groups (broad SMARTS) is 1. The predicted octanol–water partition coefficient (Wildman–Crippen LogP) is 1.92. The fraction of sp³-hybridized carbons (Fsp3) is 0.462. The van der Waals surface area contributed by atoms with Crippen LogP contribution in [-0.2, 0) is 11.2 Å². The van der Waals surface area contributed by atoms with E-state index in [-0.39, 0.29) is 13.0 Å². The summed E-state index contributed by atoms with van der Waals surface area (Å²) in [5.74, 6) is 0.00205. The third kappa shape index (κ3) is 2.70. The van der Waals surface area contributed by atoms with E-state index < -0.39 is 5.97 Å². The van der Waals surface area contributed by atoms with Gasteiger partial charge >= 0.3 is 5.97 Å². The van der Waals surface area contributed by atoms with Crippen LogP contribution in [0.15, 0.2) is 18.2 Å². The fourth-order valence-corrected chi connectivity index (χ4v) is 2.16. The van der Waals surface area contributed by atoms with Crippen LogP contribution in [-0.4, -0.2) is 31.3 Å². The first-order valence-corrected chi connectivity index (χ1v) is 5.86. The quantitative estimate of drug-likeness (QED) is 0.866. The van der Waals surface area contributed by atoms with Gasteiger partial charge in [-0.05, 0) is 25.0 Å². The molecular formula is C13H17NO3. The highest BCUT2D eigenvalue weighted by atomic mass is 16.5. The van der Waals surface area contributed by atoms with E-state index >= 15 is 0 Å². The van der Waals surface area contributed by atoms with Gasteiger partial charge < -0.3 is 14.7 Å². The number of anilines is 1. The van der Waals surface area contributed by atoms with Crippen LogP contribution in [0.1, 0.15) is 18.4 Å². The second kappa shape index (κ2) is 5.08. The summed E-state index contributed by atoms with van der Waals surface area (Å²) >= 11 is 0. The molecule has 0 saturated carbocycles. The molecule has 1 aliphatic heterocycles. The van der Waals surface area contributed by atoms with Gasteiger partial charge in [-0.15, -0.1) is 0 Å². The minimum atomic E-state index is -0.827. The molecule has 92 valence electrons. The predicted molar refractivity (Wildman–Crippen MR) is 65.8 cm³/mol. The van der Waals surface area contributed by atoms with Crippen LogP contribution in [0.4, 0.5) is 5.69 Å². The average molecular weight is 235 g/mol. The molecule has 0 spiro atoms. The second-order valence-corrected chi connectivity index (χ2v) is 4.27. The lowest BCUT2D eigenvalue weighted by molar-refractivity contribution is -0.137. The first kappa shape index (κ1) is 11.8. The van der Waals surface area contributed by atoms with E-state index in [0.717, 1.165) is 25.1 Å². The Balaban J connectivity index is 2.12. The molecule has 1 aromatic carbocycles. The van der Waals surface area contributed by atoms with E-state index in [2.05, 4.69) is 18.0 Å². The maximum atomic E-state index is 10.4. The summed E-state index contributed by atoms with van der Waals surface area (Å²) in [6.07, 6.45) is 2.16. The standard InChI is InChI=1S/C13H17NO3/c1-14-8-3-4-10-11(14)5-2-6-12(10)17-9-7-13(15)16/h2,5-6H,3-4,7-9H2,1H3,(H,15,16). The molecule has 0 fully saturated rings. The molecule has 17 heavy (non-hydrogen) atoms. The monoisotopic (exact) mass is 235 g/mol. The van der Waals surface area contributed by atoms with Gasteiger partial charge in [0, 0.05) is 24.8 Å². The Morgan fingerprint density at radius 3 is 3.12 bits per heavy atom. The summed E-state index contributed by atoms with van der Waals surface area (Å²) in [6, 6.07) is 5.95. The van der Waals surface area contributed by atoms with Crippen LogP contribution >= 0.6 is 0 Å². The largest absolute Gasteiger partial charge is 0.493 e. The van der Waals surface area contributed by atoms with Crippen molar-refractivity contribution in [3.63, 3.8) is 0 Å². The van der Waals surface area contributed by atoms with E-state index in [0.29, 0.717) is 0 Å². The Morgan fingerprint density at radius 1 is 1.53 bits per heavy atom. The van der Waals surface area contributed by atoms with Gasteiger partial charge in [0.1, 0.15) is 5.75 Å². The van der Waals surface area contributed by atoms with Crippen LogP contribution in [0.3, 0.4) is 0 Å². The SMILES string of the molecule is CN1CCCc2c(OCCC(=O)O)cccc21. The number of aliphatic carboxylic acids is 1. The van der Waals surface area contributed by atoms with Crippen molar-refractivity contribution in [2.24, 2.45) is 0 Å². The minimum Gasteiger partial charge on any atom is -0.493 e. The molecule has 1 aliphatic rings. The molecule has 0 amide bonds. The zero-order chi connectivity index (χ0) is 12.3. The lowest BCUT2D eigenvalue weighted by Gasteiger charge is -2.28. The molecule has 1 aromatic rings. The number of benzene rings is 1. The Labute approximate surface area is 101 Å². The van der Waals surface area contributed by atoms with E-state index in [4.69, 9.17) is 9.84 Å². The topological polar surface area (TPSA) is 49.8 Å². The Hall–Kier alpha value is -1.71. The highest BCUT2D eigenvalue weighted by Gasteiger charge is 2.17. The molecule has 4 nitrogen and oxygen atoms in total. The zero-order valence-electron chi connectivity index (χ0n) is 9.98. The van der Waals surface area contributed by atoms with Crippen molar-refractivity contribution >= 4 is 11.7 Å². The van der Waals surface area contributed by atoms with Crippen LogP contribution in [0.25, 0.3) is 0 Å². The molecule has 0 atom stereocenters. The summed E-state index contributed by atoms with van der Waals surface area (Å²) in [6.45, 7) is 1.29. The van der Waals surface area contributed by atoms with Crippen molar-refractivity contribution in [2.75, 3.05) is 25.1 Å². The Kier molecular flexibility index (Phi) is 3.52. The number of rotatable bonds is 4. The van der Waals surface area contributed by atoms with Crippen LogP contribution in [0, 0.1) is 0 Å². The normalized spacial score (nSPS) is 14.3. The van der Waals surface area contributed by atoms with Crippen LogP contribution in [0.5, 0.6) is 5.75 Å². The number of ether oxygens (including phenoxy) is 1. The minimum absolute atomic E-state index is 0.0412. The summed E-state index contributed by atoms with van der Waals surface area (Å²) in [4.78, 5) is 12.7. The van der Waals surface area contributed by atoms with Crippen molar-refractivity contribution in [3.8, 4) is 5.75 Å². The lowest BCUT2D eigenvalue weighted by Crippen LogP contribution is -2.25. The zero-order valence-corrected chi connectivity index (χ0v) is 9.98. The molecule has 2 rings (SSSR count). The highest BCUT2D eigenvalue weighted by Crippen LogP contribution is 2.33. The van der Waals surface area contributed by atoms with Crippen molar-refractivity contribution < 1.29 is 14.6 Å². The molecule has 0 aliphatic carbocycles. The molecule has 0 unspecified atom stereocenters. The Morgan fingerprint density at radius 2 is 2.35 bits per heavy atom. The molecule has 4 heteroatoms. The summed E-state index contributed by atoms with van der Waals surface area (Å²) in [5, 5.41) is 8.58. The number of carboxylic acids is 1. The number of carbonyl (C=O) groups is 1. The van der Waals surface area contributed by atoms with Gasteiger partial charge in [0.25, 0.3) is 0 Å². The smallest absolute Gasteiger partial charge is 0.306 e. The second-order valence-electron chi connectivity index (χ2n) is 4.27. The van der Waals surface area contributed by atoms with E-state index in [1.54, 1.807) is 0 Å². The van der Waals surface area contributed by atoms with Gasteiger partial charge in [-0.3, -0.25) is 4.79 Å². The maximum absolute atomic E-state index is 10.4. The van der Waals surface area contributed by atoms with E-state index in [9.17, 15) is 4.79 Å². The van der Waals surface area contributed by atoms with Crippen molar-refractivity contribution in [1.82, 2.24) is 0 Å². The highest BCUT2D eigenvalue weighted by molar-refractivity contribution is 5.67. The molecule has 0 bridgehead atoms. The van der Waals surface area contributed by atoms with Crippen molar-refractivity contribution in [2.45, 2.75) is 19.3 Å². The van der Waals surface area contributed by atoms with Gasteiger partial charge in [-0.25, -0.2) is 0 Å². The molecule has 1 heterocycles. The molecule has 0 radical (unpaired) electrons. The molecule has 0 saturated heterocycles. The van der Waals surface area contributed by atoms with Crippen LogP contribution < -0.4 is 9.64 Å². The molecule has 1 N–H and O–H groups in total. The van der Waals surface area contributed by atoms with Crippen molar-refractivity contribution in [1.29, 1.82) is 0 Å². The van der Waals surface area contributed by atoms with E-state index in [1.807, 2.05) is 12.1 Å². The molecule has 0 aromatic heterocycles. The van der Waals surface area contributed by atoms with Crippen molar-refractivity contribution in [3.05, 3.63) is 23.8 Å². The van der Waals surface area contributed by atoms with Gasteiger partial charge in [-0.2, -0.15) is 0 Å². The molecular weight excluding hydrogens is 218 g/mol. The number of fused-ring (bicyclic) bond motifs is 1. The Bertz CT molecular complexity index is 417. The number of hydrogen-bond acceptors (Lipinski definition) is 3. The van der Waals surface area contributed by atoms with Gasteiger partial charge in [0.05, 0.1) is 13.0 Å². The maximum Gasteiger partial charge on any atom is 0.306 e. The third-order valence-corrected chi connectivity index (χ3v) is 3.01. The lowest BCUT2D eigenvalue weighted by atomic mass is 10.0. The van der Waals surface area contributed by atoms with Crippen LogP contribution in [0.2, 0.25) is 0 Å². The average Bonchev–Trinajstić information content (AvgIpc) is 2.30. The fourth-order valence-electron chi connectivity index (χ4n) is 2.16. The third-order valence-electron chi connectivity index (χ3n) is 3.01. The number of hydrogen-bond donors (Lipinski definition) is 1. The van der Waals surface area contributed by atoms with Gasteiger partial charge in [0.15, 0.2) is 0 Å². The van der Waals surface area contributed by atoms with E-state index in [1.165, 1.54) is 11.3 Å². The summed E-state index contributed by atoms with van der Waals surface area (Å²) in [5.41, 5.74) is 2.40. The first-order chi connectivity index (χ1) is 8.18. The first-order valence-electron chi connectivity index (χ1n) is 5.86. The number of nitrogens with zero attached hydrogens (tertiary/aromatic N) is 1. The summed E-state index contributed by atoms with van der Waals surface area (Å²) < 4.78 is 5.56. The van der Waals surface area contributed by atoms with Gasteiger partial charge in [-0.1, -0.05) is 6.07 Å². The van der Waals surface area contributed by atoms with Gasteiger partial charge in [0.2, 0.25) is 0 Å².